The number of aliphatic hydroxyl groups is 2. The summed E-state index contributed by atoms with van der Waals surface area (Å²) in [5.41, 5.74) is 0. The standard InChI is InChI=1S/C10H14O4S/c1-6-3-4-8(15-6)10(13)7(11)5-9(12)14-2/h3-4,7,10-11,13H,5H2,1-2H3. The van der Waals surface area contributed by atoms with Crippen LogP contribution in [0.15, 0.2) is 12.1 Å². The van der Waals surface area contributed by atoms with Crippen LogP contribution < -0.4 is 0 Å². The molecule has 1 heterocycles. The Kier molecular flexibility index (Phi) is 4.26. The second-order valence-corrected chi connectivity index (χ2v) is 4.56. The van der Waals surface area contributed by atoms with Crippen LogP contribution in [0.25, 0.3) is 0 Å². The minimum Gasteiger partial charge on any atom is -0.469 e. The summed E-state index contributed by atoms with van der Waals surface area (Å²) < 4.78 is 4.41. The van der Waals surface area contributed by atoms with Gasteiger partial charge in [-0.15, -0.1) is 11.3 Å². The van der Waals surface area contributed by atoms with Crippen molar-refractivity contribution in [3.63, 3.8) is 0 Å². The summed E-state index contributed by atoms with van der Waals surface area (Å²) in [6.07, 6.45) is -2.34. The van der Waals surface area contributed by atoms with Crippen molar-refractivity contribution < 1.29 is 19.7 Å². The molecule has 0 saturated heterocycles. The molecule has 5 heteroatoms. The van der Waals surface area contributed by atoms with Crippen LogP contribution in [0.1, 0.15) is 22.3 Å². The fourth-order valence-corrected chi connectivity index (χ4v) is 2.09. The first-order chi connectivity index (χ1) is 7.04. The molecule has 2 unspecified atom stereocenters. The Balaban J connectivity index is 2.60. The molecule has 84 valence electrons. The van der Waals surface area contributed by atoms with E-state index >= 15 is 0 Å². The van der Waals surface area contributed by atoms with E-state index in [0.717, 1.165) is 4.88 Å². The molecular weight excluding hydrogens is 216 g/mol. The van der Waals surface area contributed by atoms with Gasteiger partial charge in [-0.3, -0.25) is 4.79 Å². The van der Waals surface area contributed by atoms with Gasteiger partial charge in [-0.1, -0.05) is 0 Å². The molecule has 0 aliphatic carbocycles. The Hall–Kier alpha value is -0.910. The summed E-state index contributed by atoms with van der Waals surface area (Å²) in [6.45, 7) is 1.91. The van der Waals surface area contributed by atoms with Gasteiger partial charge >= 0.3 is 5.97 Å². The van der Waals surface area contributed by atoms with Gasteiger partial charge in [0.1, 0.15) is 6.10 Å². The van der Waals surface area contributed by atoms with Crippen molar-refractivity contribution in [2.45, 2.75) is 25.6 Å². The number of hydrogen-bond acceptors (Lipinski definition) is 5. The third-order valence-electron chi connectivity index (χ3n) is 2.02. The Morgan fingerprint density at radius 1 is 1.53 bits per heavy atom. The van der Waals surface area contributed by atoms with Crippen LogP contribution in [0.3, 0.4) is 0 Å². The predicted molar refractivity (Wildman–Crippen MR) is 56.7 cm³/mol. The highest BCUT2D eigenvalue weighted by Crippen LogP contribution is 2.26. The maximum atomic E-state index is 10.9. The molecule has 0 spiro atoms. The molecule has 0 saturated carbocycles. The van der Waals surface area contributed by atoms with Crippen molar-refractivity contribution in [3.8, 4) is 0 Å². The molecule has 15 heavy (non-hydrogen) atoms. The van der Waals surface area contributed by atoms with Gasteiger partial charge in [-0.05, 0) is 19.1 Å². The Bertz CT molecular complexity index is 334. The van der Waals surface area contributed by atoms with Crippen LogP contribution in [-0.2, 0) is 9.53 Å². The fraction of sp³-hybridized carbons (Fsp3) is 0.500. The second kappa shape index (κ2) is 5.25. The van der Waals surface area contributed by atoms with Crippen molar-refractivity contribution in [2.24, 2.45) is 0 Å². The van der Waals surface area contributed by atoms with E-state index in [4.69, 9.17) is 0 Å². The van der Waals surface area contributed by atoms with Gasteiger partial charge in [0.2, 0.25) is 0 Å². The number of rotatable bonds is 4. The fourth-order valence-electron chi connectivity index (χ4n) is 1.17. The first-order valence-electron chi connectivity index (χ1n) is 4.54. The summed E-state index contributed by atoms with van der Waals surface area (Å²) in [6, 6.07) is 3.60. The normalized spacial score (nSPS) is 14.7. The maximum absolute atomic E-state index is 10.9. The Morgan fingerprint density at radius 2 is 2.20 bits per heavy atom. The molecule has 4 nitrogen and oxygen atoms in total. The van der Waals surface area contributed by atoms with E-state index in [1.54, 1.807) is 6.07 Å². The first kappa shape index (κ1) is 12.2. The molecule has 2 N–H and O–H groups in total. The summed E-state index contributed by atoms with van der Waals surface area (Å²) in [5, 5.41) is 19.2. The number of methoxy groups -OCH3 is 1. The average Bonchev–Trinajstić information content (AvgIpc) is 2.63. The molecule has 0 radical (unpaired) electrons. The molecule has 0 amide bonds. The lowest BCUT2D eigenvalue weighted by Gasteiger charge is -2.14. The van der Waals surface area contributed by atoms with E-state index in [0.29, 0.717) is 4.88 Å². The largest absolute Gasteiger partial charge is 0.469 e. The van der Waals surface area contributed by atoms with Gasteiger partial charge in [-0.2, -0.15) is 0 Å². The molecule has 2 atom stereocenters. The Morgan fingerprint density at radius 3 is 2.67 bits per heavy atom. The number of thiophene rings is 1. The summed E-state index contributed by atoms with van der Waals surface area (Å²) in [4.78, 5) is 12.6. The third kappa shape index (κ3) is 3.30. The molecule has 0 bridgehead atoms. The lowest BCUT2D eigenvalue weighted by Crippen LogP contribution is -2.21. The highest BCUT2D eigenvalue weighted by Gasteiger charge is 2.22. The van der Waals surface area contributed by atoms with Gasteiger partial charge in [0.15, 0.2) is 0 Å². The number of hydrogen-bond donors (Lipinski definition) is 2. The SMILES string of the molecule is COC(=O)CC(O)C(O)c1ccc(C)s1. The number of aryl methyl sites for hydroxylation is 1. The number of esters is 1. The van der Waals surface area contributed by atoms with Crippen molar-refractivity contribution in [1.29, 1.82) is 0 Å². The lowest BCUT2D eigenvalue weighted by atomic mass is 10.1. The molecule has 0 aromatic carbocycles. The number of carbonyl (C=O) groups is 1. The van der Waals surface area contributed by atoms with E-state index in [1.165, 1.54) is 18.4 Å². The smallest absolute Gasteiger partial charge is 0.308 e. The number of aliphatic hydroxyl groups excluding tert-OH is 2. The zero-order valence-electron chi connectivity index (χ0n) is 8.64. The molecular formula is C10H14O4S. The van der Waals surface area contributed by atoms with Crippen molar-refractivity contribution in [1.82, 2.24) is 0 Å². The van der Waals surface area contributed by atoms with Crippen LogP contribution in [0.5, 0.6) is 0 Å². The molecule has 0 aliphatic rings. The van der Waals surface area contributed by atoms with E-state index in [-0.39, 0.29) is 6.42 Å². The maximum Gasteiger partial charge on any atom is 0.308 e. The highest BCUT2D eigenvalue weighted by atomic mass is 32.1. The quantitative estimate of drug-likeness (QED) is 0.758. The van der Waals surface area contributed by atoms with Crippen molar-refractivity contribution in [3.05, 3.63) is 21.9 Å². The van der Waals surface area contributed by atoms with E-state index in [2.05, 4.69) is 4.74 Å². The molecule has 0 fully saturated rings. The van der Waals surface area contributed by atoms with Crippen LogP contribution >= 0.6 is 11.3 Å². The number of carbonyl (C=O) groups excluding carboxylic acids is 1. The third-order valence-corrected chi connectivity index (χ3v) is 3.09. The molecule has 1 aromatic heterocycles. The van der Waals surface area contributed by atoms with E-state index < -0.39 is 18.2 Å². The van der Waals surface area contributed by atoms with Crippen LogP contribution in [0, 0.1) is 6.92 Å². The summed E-state index contributed by atoms with van der Waals surface area (Å²) >= 11 is 1.40. The van der Waals surface area contributed by atoms with Gasteiger partial charge in [-0.25, -0.2) is 0 Å². The average molecular weight is 230 g/mol. The highest BCUT2D eigenvalue weighted by molar-refractivity contribution is 7.12. The summed E-state index contributed by atoms with van der Waals surface area (Å²) in [5.74, 6) is -0.533. The molecule has 1 rings (SSSR count). The van der Waals surface area contributed by atoms with Crippen molar-refractivity contribution >= 4 is 17.3 Å². The van der Waals surface area contributed by atoms with Crippen LogP contribution in [0.2, 0.25) is 0 Å². The number of ether oxygens (including phenoxy) is 1. The summed E-state index contributed by atoms with van der Waals surface area (Å²) in [7, 11) is 1.25. The predicted octanol–water partition coefficient (Wildman–Crippen LogP) is 1.01. The minimum atomic E-state index is -1.12. The topological polar surface area (TPSA) is 66.8 Å². The minimum absolute atomic E-state index is 0.200. The van der Waals surface area contributed by atoms with Gasteiger partial charge in [0, 0.05) is 9.75 Å². The van der Waals surface area contributed by atoms with Crippen LogP contribution in [0.4, 0.5) is 0 Å². The zero-order chi connectivity index (χ0) is 11.4. The first-order valence-corrected chi connectivity index (χ1v) is 5.35. The monoisotopic (exact) mass is 230 g/mol. The van der Waals surface area contributed by atoms with Gasteiger partial charge in [0.05, 0.1) is 19.6 Å². The Labute approximate surface area is 92.1 Å². The lowest BCUT2D eigenvalue weighted by molar-refractivity contribution is -0.144. The van der Waals surface area contributed by atoms with Gasteiger partial charge < -0.3 is 14.9 Å². The second-order valence-electron chi connectivity index (χ2n) is 3.24. The zero-order valence-corrected chi connectivity index (χ0v) is 9.45. The molecule has 0 aliphatic heterocycles. The van der Waals surface area contributed by atoms with Crippen LogP contribution in [-0.4, -0.2) is 29.4 Å². The van der Waals surface area contributed by atoms with Gasteiger partial charge in [0.25, 0.3) is 0 Å². The van der Waals surface area contributed by atoms with E-state index in [1.807, 2.05) is 13.0 Å². The van der Waals surface area contributed by atoms with E-state index in [9.17, 15) is 15.0 Å². The molecule has 1 aromatic rings. The van der Waals surface area contributed by atoms with Crippen molar-refractivity contribution in [2.75, 3.05) is 7.11 Å².